The molecule has 1 atom stereocenters. The summed E-state index contributed by atoms with van der Waals surface area (Å²) >= 11 is 1.89. The van der Waals surface area contributed by atoms with Crippen LogP contribution in [0.2, 0.25) is 0 Å². The zero-order chi connectivity index (χ0) is 15.8. The number of hydrogen-bond donors (Lipinski definition) is 2. The van der Waals surface area contributed by atoms with Crippen LogP contribution in [0.25, 0.3) is 11.3 Å². The third-order valence-electron chi connectivity index (χ3n) is 4.65. The molecule has 2 aliphatic rings. The molecule has 0 saturated carbocycles. The first-order chi connectivity index (χ1) is 11.3. The van der Waals surface area contributed by atoms with Gasteiger partial charge in [-0.25, -0.2) is 4.98 Å². The predicted molar refractivity (Wildman–Crippen MR) is 96.0 cm³/mol. The summed E-state index contributed by atoms with van der Waals surface area (Å²) in [6.45, 7) is 2.00. The molecule has 6 heteroatoms. The van der Waals surface area contributed by atoms with Crippen LogP contribution in [0.1, 0.15) is 12.0 Å². The Kier molecular flexibility index (Phi) is 3.87. The van der Waals surface area contributed by atoms with Crippen molar-refractivity contribution in [3.63, 3.8) is 0 Å². The summed E-state index contributed by atoms with van der Waals surface area (Å²) in [5.41, 5.74) is 9.50. The lowest BCUT2D eigenvalue weighted by atomic mass is 10.0. The van der Waals surface area contributed by atoms with E-state index >= 15 is 0 Å². The SMILES string of the molecule is CNC1CCN(c2nc(N)nc3c2CCSc2ccccc2-3)C1. The summed E-state index contributed by atoms with van der Waals surface area (Å²) in [4.78, 5) is 12.8. The molecule has 1 aromatic heterocycles. The maximum atomic E-state index is 6.05. The maximum absolute atomic E-state index is 6.05. The first-order valence-electron chi connectivity index (χ1n) is 8.07. The summed E-state index contributed by atoms with van der Waals surface area (Å²) in [6, 6.07) is 8.98. The zero-order valence-corrected chi connectivity index (χ0v) is 14.1. The molecule has 1 saturated heterocycles. The largest absolute Gasteiger partial charge is 0.368 e. The van der Waals surface area contributed by atoms with Crippen LogP contribution in [0.5, 0.6) is 0 Å². The zero-order valence-electron chi connectivity index (χ0n) is 13.2. The fraction of sp³-hybridized carbons (Fsp3) is 0.412. The molecule has 2 aromatic rings. The highest BCUT2D eigenvalue weighted by Gasteiger charge is 2.28. The van der Waals surface area contributed by atoms with Gasteiger partial charge in [0.05, 0.1) is 5.69 Å². The number of anilines is 2. The van der Waals surface area contributed by atoms with Crippen molar-refractivity contribution in [3.8, 4) is 11.3 Å². The molecule has 0 aliphatic carbocycles. The number of likely N-dealkylation sites (N-methyl/N-ethyl adjacent to an activating group) is 1. The number of rotatable bonds is 2. The quantitative estimate of drug-likeness (QED) is 0.881. The highest BCUT2D eigenvalue weighted by atomic mass is 32.2. The van der Waals surface area contributed by atoms with Crippen LogP contribution in [0.15, 0.2) is 29.2 Å². The average molecular weight is 327 g/mol. The molecule has 4 rings (SSSR count). The molecule has 120 valence electrons. The third-order valence-corrected chi connectivity index (χ3v) is 5.73. The highest BCUT2D eigenvalue weighted by Crippen LogP contribution is 2.40. The van der Waals surface area contributed by atoms with Gasteiger partial charge >= 0.3 is 0 Å². The second-order valence-electron chi connectivity index (χ2n) is 6.05. The van der Waals surface area contributed by atoms with Crippen LogP contribution < -0.4 is 16.0 Å². The van der Waals surface area contributed by atoms with Gasteiger partial charge < -0.3 is 16.0 Å². The molecule has 1 fully saturated rings. The van der Waals surface area contributed by atoms with Gasteiger partial charge in [-0.3, -0.25) is 0 Å². The van der Waals surface area contributed by atoms with E-state index < -0.39 is 0 Å². The van der Waals surface area contributed by atoms with Crippen LogP contribution >= 0.6 is 11.8 Å². The van der Waals surface area contributed by atoms with Crippen LogP contribution in [0, 0.1) is 0 Å². The summed E-state index contributed by atoms with van der Waals surface area (Å²) in [6.07, 6.45) is 2.12. The lowest BCUT2D eigenvalue weighted by Gasteiger charge is -2.22. The summed E-state index contributed by atoms with van der Waals surface area (Å²) in [5, 5.41) is 3.37. The molecule has 0 radical (unpaired) electrons. The van der Waals surface area contributed by atoms with Gasteiger partial charge in [0.2, 0.25) is 5.95 Å². The fourth-order valence-corrected chi connectivity index (χ4v) is 4.46. The van der Waals surface area contributed by atoms with Crippen LogP contribution in [0.3, 0.4) is 0 Å². The smallest absolute Gasteiger partial charge is 0.222 e. The standard InChI is InChI=1S/C17H21N5S/c1-19-11-6-8-22(10-11)16-13-7-9-23-14-5-3-2-4-12(14)15(13)20-17(18)21-16/h2-5,11,19H,6-10H2,1H3,(H2,18,20,21). The van der Waals surface area contributed by atoms with Gasteiger partial charge in [-0.15, -0.1) is 11.8 Å². The molecule has 0 amide bonds. The van der Waals surface area contributed by atoms with Crippen molar-refractivity contribution in [1.82, 2.24) is 15.3 Å². The number of fused-ring (bicyclic) bond motifs is 3. The Morgan fingerprint density at radius 3 is 3.00 bits per heavy atom. The Balaban J connectivity index is 1.83. The van der Waals surface area contributed by atoms with E-state index in [0.29, 0.717) is 12.0 Å². The lowest BCUT2D eigenvalue weighted by molar-refractivity contribution is 0.616. The first kappa shape index (κ1) is 14.8. The molecule has 1 aromatic carbocycles. The molecule has 1 unspecified atom stereocenters. The number of benzene rings is 1. The fourth-order valence-electron chi connectivity index (χ4n) is 3.44. The van der Waals surface area contributed by atoms with Gasteiger partial charge in [-0.05, 0) is 26.0 Å². The number of thioether (sulfide) groups is 1. The van der Waals surface area contributed by atoms with Gasteiger partial charge in [0.1, 0.15) is 5.82 Å². The average Bonchev–Trinajstić information content (AvgIpc) is 2.97. The minimum absolute atomic E-state index is 0.369. The second kappa shape index (κ2) is 6.02. The van der Waals surface area contributed by atoms with E-state index in [1.165, 1.54) is 16.0 Å². The normalized spacial score (nSPS) is 20.0. The van der Waals surface area contributed by atoms with Crippen LogP contribution in [0.4, 0.5) is 11.8 Å². The number of nitrogens with two attached hydrogens (primary N) is 1. The summed E-state index contributed by atoms with van der Waals surface area (Å²) in [7, 11) is 2.02. The van der Waals surface area contributed by atoms with Crippen molar-refractivity contribution in [2.24, 2.45) is 0 Å². The van der Waals surface area contributed by atoms with Crippen molar-refractivity contribution in [1.29, 1.82) is 0 Å². The number of nitrogens with zero attached hydrogens (tertiary/aromatic N) is 3. The first-order valence-corrected chi connectivity index (χ1v) is 9.05. The minimum atomic E-state index is 0.369. The number of nitrogens with one attached hydrogen (secondary N) is 1. The van der Waals surface area contributed by atoms with E-state index in [0.717, 1.165) is 43.2 Å². The Hall–Kier alpha value is -1.79. The van der Waals surface area contributed by atoms with Crippen LogP contribution in [-0.4, -0.2) is 41.9 Å². The topological polar surface area (TPSA) is 67.1 Å². The van der Waals surface area contributed by atoms with Gasteiger partial charge in [-0.1, -0.05) is 18.2 Å². The molecular formula is C17H21N5S. The van der Waals surface area contributed by atoms with Crippen molar-refractivity contribution in [2.75, 3.05) is 36.5 Å². The third kappa shape index (κ3) is 2.66. The van der Waals surface area contributed by atoms with E-state index in [2.05, 4.69) is 44.5 Å². The second-order valence-corrected chi connectivity index (χ2v) is 7.18. The monoisotopic (exact) mass is 327 g/mol. The van der Waals surface area contributed by atoms with Crippen molar-refractivity contribution >= 4 is 23.5 Å². The Morgan fingerprint density at radius 1 is 1.30 bits per heavy atom. The van der Waals surface area contributed by atoms with Gasteiger partial charge in [0.25, 0.3) is 0 Å². The molecule has 5 nitrogen and oxygen atoms in total. The highest BCUT2D eigenvalue weighted by molar-refractivity contribution is 7.99. The molecule has 23 heavy (non-hydrogen) atoms. The minimum Gasteiger partial charge on any atom is -0.368 e. The Bertz CT molecular complexity index is 733. The Labute approximate surface area is 140 Å². The lowest BCUT2D eigenvalue weighted by Crippen LogP contribution is -2.30. The van der Waals surface area contributed by atoms with E-state index in [1.807, 2.05) is 18.8 Å². The molecule has 0 spiro atoms. The number of hydrogen-bond acceptors (Lipinski definition) is 6. The number of nitrogen functional groups attached to an aromatic ring is 1. The van der Waals surface area contributed by atoms with E-state index in [-0.39, 0.29) is 0 Å². The molecule has 3 N–H and O–H groups in total. The van der Waals surface area contributed by atoms with E-state index in [1.54, 1.807) is 0 Å². The maximum Gasteiger partial charge on any atom is 0.222 e. The number of aromatic nitrogens is 2. The summed E-state index contributed by atoms with van der Waals surface area (Å²) < 4.78 is 0. The van der Waals surface area contributed by atoms with Crippen LogP contribution in [-0.2, 0) is 6.42 Å². The molecule has 0 bridgehead atoms. The van der Waals surface area contributed by atoms with Crippen molar-refractivity contribution in [3.05, 3.63) is 29.8 Å². The summed E-state index contributed by atoms with van der Waals surface area (Å²) in [5.74, 6) is 2.45. The molecule has 3 heterocycles. The van der Waals surface area contributed by atoms with Gasteiger partial charge in [-0.2, -0.15) is 4.98 Å². The predicted octanol–water partition coefficient (Wildman–Crippen LogP) is 2.17. The van der Waals surface area contributed by atoms with Crippen molar-refractivity contribution in [2.45, 2.75) is 23.8 Å². The molecule has 2 aliphatic heterocycles. The van der Waals surface area contributed by atoms with Gasteiger partial charge in [0, 0.05) is 40.9 Å². The van der Waals surface area contributed by atoms with Crippen molar-refractivity contribution < 1.29 is 0 Å². The van der Waals surface area contributed by atoms with E-state index in [9.17, 15) is 0 Å². The molecular weight excluding hydrogens is 306 g/mol. The van der Waals surface area contributed by atoms with E-state index in [4.69, 9.17) is 5.73 Å². The van der Waals surface area contributed by atoms with Gasteiger partial charge in [0.15, 0.2) is 0 Å². The Morgan fingerprint density at radius 2 is 2.17 bits per heavy atom.